The topological polar surface area (TPSA) is 98.2 Å². The first-order valence-corrected chi connectivity index (χ1v) is 11.6. The molecule has 3 rings (SSSR count). The van der Waals surface area contributed by atoms with E-state index in [1.807, 2.05) is 0 Å². The molecule has 0 heterocycles. The van der Waals surface area contributed by atoms with Crippen molar-refractivity contribution in [3.63, 3.8) is 0 Å². The van der Waals surface area contributed by atoms with E-state index in [-0.39, 0.29) is 12.3 Å². The molecule has 3 aromatic rings. The molecule has 188 valence electrons. The van der Waals surface area contributed by atoms with Gasteiger partial charge in [-0.25, -0.2) is 5.43 Å². The molecule has 0 atom stereocenters. The number of hydrogen-bond acceptors (Lipinski definition) is 6. The van der Waals surface area contributed by atoms with Gasteiger partial charge in [-0.15, -0.1) is 0 Å². The van der Waals surface area contributed by atoms with Gasteiger partial charge in [0.1, 0.15) is 12.4 Å². The zero-order valence-electron chi connectivity index (χ0n) is 19.5. The highest BCUT2D eigenvalue weighted by Crippen LogP contribution is 2.32. The Morgan fingerprint density at radius 3 is 2.19 bits per heavy atom. The third kappa shape index (κ3) is 6.81. The second kappa shape index (κ2) is 12.5. The smallest absolute Gasteiger partial charge is 0.329 e. The summed E-state index contributed by atoms with van der Waals surface area (Å²) in [5, 5.41) is 7.81. The number of anilines is 1. The number of rotatable bonds is 8. The first kappa shape index (κ1) is 27.1. The largest absolute Gasteiger partial charge is 0.495 e. The van der Waals surface area contributed by atoms with Gasteiger partial charge in [0.15, 0.2) is 11.5 Å². The standard InChI is InChI=1S/C25H22Cl3N3O5/c1-14(30-31-25(33)24(32)29-20-12-16(26)8-10-21(20)34-2)15-7-9-22(23(11-15)35-3)36-13-17-18(27)5-4-6-19(17)28/h4-12H,13H2,1-3H3,(H,29,32)(H,31,33). The van der Waals surface area contributed by atoms with Gasteiger partial charge in [-0.1, -0.05) is 40.9 Å². The molecule has 8 nitrogen and oxygen atoms in total. The van der Waals surface area contributed by atoms with Crippen LogP contribution in [0, 0.1) is 0 Å². The zero-order chi connectivity index (χ0) is 26.2. The monoisotopic (exact) mass is 549 g/mol. The summed E-state index contributed by atoms with van der Waals surface area (Å²) in [5.74, 6) is -0.663. The van der Waals surface area contributed by atoms with E-state index in [2.05, 4.69) is 15.8 Å². The molecule has 0 unspecified atom stereocenters. The summed E-state index contributed by atoms with van der Waals surface area (Å²) >= 11 is 18.3. The number of hydrazone groups is 1. The molecular weight excluding hydrogens is 529 g/mol. The second-order valence-electron chi connectivity index (χ2n) is 7.29. The molecular formula is C25H22Cl3N3O5. The fourth-order valence-corrected chi connectivity index (χ4v) is 3.72. The van der Waals surface area contributed by atoms with Gasteiger partial charge in [-0.3, -0.25) is 9.59 Å². The number of halogens is 3. The lowest BCUT2D eigenvalue weighted by Crippen LogP contribution is -2.33. The van der Waals surface area contributed by atoms with Crippen molar-refractivity contribution in [2.75, 3.05) is 19.5 Å². The van der Waals surface area contributed by atoms with Crippen LogP contribution in [-0.2, 0) is 16.2 Å². The summed E-state index contributed by atoms with van der Waals surface area (Å²) in [6, 6.07) is 15.0. The van der Waals surface area contributed by atoms with E-state index in [4.69, 9.17) is 49.0 Å². The Bertz CT molecular complexity index is 1290. The summed E-state index contributed by atoms with van der Waals surface area (Å²) in [5.41, 5.74) is 4.19. The second-order valence-corrected chi connectivity index (χ2v) is 8.54. The van der Waals surface area contributed by atoms with Crippen molar-refractivity contribution in [2.24, 2.45) is 5.10 Å². The quantitative estimate of drug-likeness (QED) is 0.212. The maximum atomic E-state index is 12.3. The van der Waals surface area contributed by atoms with E-state index in [1.54, 1.807) is 55.5 Å². The van der Waals surface area contributed by atoms with Crippen LogP contribution in [0.4, 0.5) is 5.69 Å². The van der Waals surface area contributed by atoms with Crippen LogP contribution in [0.2, 0.25) is 15.1 Å². The molecule has 2 N–H and O–H groups in total. The van der Waals surface area contributed by atoms with Crippen molar-refractivity contribution in [2.45, 2.75) is 13.5 Å². The molecule has 0 aliphatic heterocycles. The number of nitrogens with zero attached hydrogens (tertiary/aromatic N) is 1. The average molecular weight is 551 g/mol. The number of methoxy groups -OCH3 is 2. The van der Waals surface area contributed by atoms with Gasteiger partial charge in [0.25, 0.3) is 0 Å². The molecule has 0 radical (unpaired) electrons. The number of ether oxygens (including phenoxy) is 3. The Morgan fingerprint density at radius 2 is 1.53 bits per heavy atom. The number of nitrogens with one attached hydrogen (secondary N) is 2. The number of hydrogen-bond donors (Lipinski definition) is 2. The van der Waals surface area contributed by atoms with E-state index in [0.29, 0.717) is 49.2 Å². The van der Waals surface area contributed by atoms with Crippen molar-refractivity contribution >= 4 is 58.0 Å². The van der Waals surface area contributed by atoms with Crippen LogP contribution in [0.3, 0.4) is 0 Å². The normalized spacial score (nSPS) is 11.0. The van der Waals surface area contributed by atoms with Crippen molar-refractivity contribution in [3.8, 4) is 17.2 Å². The molecule has 0 aliphatic carbocycles. The van der Waals surface area contributed by atoms with Crippen molar-refractivity contribution < 1.29 is 23.8 Å². The first-order valence-electron chi connectivity index (χ1n) is 10.5. The lowest BCUT2D eigenvalue weighted by atomic mass is 10.1. The number of benzene rings is 3. The number of amides is 2. The molecule has 0 fully saturated rings. The fraction of sp³-hybridized carbons (Fsp3) is 0.160. The molecule has 11 heteroatoms. The summed E-state index contributed by atoms with van der Waals surface area (Å²) in [4.78, 5) is 24.5. The lowest BCUT2D eigenvalue weighted by molar-refractivity contribution is -0.136. The summed E-state index contributed by atoms with van der Waals surface area (Å²) in [7, 11) is 2.93. The molecule has 36 heavy (non-hydrogen) atoms. The van der Waals surface area contributed by atoms with Crippen molar-refractivity contribution in [1.29, 1.82) is 0 Å². The van der Waals surface area contributed by atoms with E-state index < -0.39 is 11.8 Å². The average Bonchev–Trinajstić information content (AvgIpc) is 2.86. The van der Waals surface area contributed by atoms with Gasteiger partial charge in [-0.2, -0.15) is 5.10 Å². The zero-order valence-corrected chi connectivity index (χ0v) is 21.8. The first-order chi connectivity index (χ1) is 17.2. The minimum atomic E-state index is -0.972. The Balaban J connectivity index is 1.67. The van der Waals surface area contributed by atoms with Crippen LogP contribution >= 0.6 is 34.8 Å². The number of carbonyl (C=O) groups excluding carboxylic acids is 2. The van der Waals surface area contributed by atoms with Gasteiger partial charge in [0.2, 0.25) is 0 Å². The van der Waals surface area contributed by atoms with Gasteiger partial charge < -0.3 is 19.5 Å². The van der Waals surface area contributed by atoms with Crippen LogP contribution in [0.1, 0.15) is 18.1 Å². The Hall–Kier alpha value is -3.46. The van der Waals surface area contributed by atoms with Crippen LogP contribution < -0.4 is 25.0 Å². The van der Waals surface area contributed by atoms with E-state index in [9.17, 15) is 9.59 Å². The van der Waals surface area contributed by atoms with Crippen LogP contribution in [0.15, 0.2) is 59.7 Å². The third-order valence-electron chi connectivity index (χ3n) is 4.96. The SMILES string of the molecule is COc1ccc(Cl)cc1NC(=O)C(=O)NN=C(C)c1ccc(OCc2c(Cl)cccc2Cl)c(OC)c1. The molecule has 0 aliphatic rings. The highest BCUT2D eigenvalue weighted by atomic mass is 35.5. The highest BCUT2D eigenvalue weighted by molar-refractivity contribution is 6.40. The van der Waals surface area contributed by atoms with Gasteiger partial charge in [0, 0.05) is 26.2 Å². The van der Waals surface area contributed by atoms with Gasteiger partial charge >= 0.3 is 11.8 Å². The van der Waals surface area contributed by atoms with E-state index >= 15 is 0 Å². The van der Waals surface area contributed by atoms with Crippen LogP contribution in [0.5, 0.6) is 17.2 Å². The Morgan fingerprint density at radius 1 is 0.861 bits per heavy atom. The minimum absolute atomic E-state index is 0.143. The summed E-state index contributed by atoms with van der Waals surface area (Å²) < 4.78 is 16.4. The maximum absolute atomic E-state index is 12.3. The molecule has 0 saturated carbocycles. The fourth-order valence-electron chi connectivity index (χ4n) is 3.04. The predicted octanol–water partition coefficient (Wildman–Crippen LogP) is 5.72. The Kier molecular flexibility index (Phi) is 9.41. The molecule has 0 spiro atoms. The van der Waals surface area contributed by atoms with Gasteiger partial charge in [-0.05, 0) is 55.5 Å². The van der Waals surface area contributed by atoms with E-state index in [0.717, 1.165) is 0 Å². The third-order valence-corrected chi connectivity index (χ3v) is 5.90. The minimum Gasteiger partial charge on any atom is -0.495 e. The maximum Gasteiger partial charge on any atom is 0.329 e. The molecule has 2 amide bonds. The summed E-state index contributed by atoms with van der Waals surface area (Å²) in [6.45, 7) is 1.81. The number of carbonyl (C=O) groups is 2. The lowest BCUT2D eigenvalue weighted by Gasteiger charge is -2.14. The molecule has 3 aromatic carbocycles. The molecule has 0 saturated heterocycles. The highest BCUT2D eigenvalue weighted by Gasteiger charge is 2.17. The van der Waals surface area contributed by atoms with Crippen LogP contribution in [0.25, 0.3) is 0 Å². The molecule has 0 bridgehead atoms. The Labute approximate surface area is 223 Å². The van der Waals surface area contributed by atoms with Crippen LogP contribution in [-0.4, -0.2) is 31.7 Å². The summed E-state index contributed by atoms with van der Waals surface area (Å²) in [6.07, 6.45) is 0. The molecule has 0 aromatic heterocycles. The van der Waals surface area contributed by atoms with E-state index in [1.165, 1.54) is 20.3 Å². The van der Waals surface area contributed by atoms with Crippen molar-refractivity contribution in [3.05, 3.63) is 80.8 Å². The van der Waals surface area contributed by atoms with Crippen molar-refractivity contribution in [1.82, 2.24) is 5.43 Å². The predicted molar refractivity (Wildman–Crippen MR) is 141 cm³/mol. The van der Waals surface area contributed by atoms with Gasteiger partial charge in [0.05, 0.1) is 25.6 Å².